The molecule has 2 atom stereocenters. The molecule has 0 aliphatic carbocycles. The molecule has 1 N–H and O–H groups in total. The van der Waals surface area contributed by atoms with Crippen LogP contribution in [0.15, 0.2) is 12.3 Å². The second kappa shape index (κ2) is 6.85. The number of carbonyl (C=O) groups is 2. The molecule has 0 spiro atoms. The summed E-state index contributed by atoms with van der Waals surface area (Å²) in [4.78, 5) is 32.3. The number of hydrogen-bond acceptors (Lipinski definition) is 5. The first-order valence-electron chi connectivity index (χ1n) is 7.98. The zero-order chi connectivity index (χ0) is 18.0. The topological polar surface area (TPSA) is 84.4 Å². The van der Waals surface area contributed by atoms with E-state index in [0.717, 1.165) is 12.3 Å². The van der Waals surface area contributed by atoms with Gasteiger partial charge < -0.3 is 15.0 Å². The Labute approximate surface area is 141 Å². The van der Waals surface area contributed by atoms with Gasteiger partial charge in [-0.3, -0.25) is 9.59 Å². The highest BCUT2D eigenvalue weighted by Gasteiger charge is 2.35. The fraction of sp³-hybridized carbons (Fsp3) is 0.600. The Morgan fingerprint density at radius 3 is 2.84 bits per heavy atom. The Morgan fingerprint density at radius 2 is 2.16 bits per heavy atom. The number of nitrogens with zero attached hydrogens (tertiary/aromatic N) is 3. The Bertz CT molecular complexity index is 668. The number of amides is 2. The summed E-state index contributed by atoms with van der Waals surface area (Å²) in [5, 5.41) is 2.62. The predicted molar refractivity (Wildman–Crippen MR) is 78.4 cm³/mol. The van der Waals surface area contributed by atoms with Gasteiger partial charge in [0.25, 0.3) is 0 Å². The molecule has 2 amide bonds. The number of alkyl halides is 3. The Morgan fingerprint density at radius 1 is 1.36 bits per heavy atom. The van der Waals surface area contributed by atoms with Gasteiger partial charge in [0, 0.05) is 19.2 Å². The summed E-state index contributed by atoms with van der Waals surface area (Å²) in [6.07, 6.45) is -2.06. The molecule has 2 fully saturated rings. The van der Waals surface area contributed by atoms with Gasteiger partial charge in [0.05, 0.1) is 6.54 Å². The van der Waals surface area contributed by atoms with Gasteiger partial charge in [-0.05, 0) is 25.3 Å². The van der Waals surface area contributed by atoms with E-state index >= 15 is 0 Å². The molecule has 3 rings (SSSR count). The quantitative estimate of drug-likeness (QED) is 0.876. The van der Waals surface area contributed by atoms with Crippen LogP contribution >= 0.6 is 0 Å². The molecule has 2 unspecified atom stereocenters. The normalized spacial score (nSPS) is 24.1. The van der Waals surface area contributed by atoms with Crippen molar-refractivity contribution in [1.29, 1.82) is 0 Å². The fourth-order valence-electron chi connectivity index (χ4n) is 2.96. The number of piperidine rings is 1. The molecule has 0 aromatic carbocycles. The maximum Gasteiger partial charge on any atom is 0.433 e. The van der Waals surface area contributed by atoms with Gasteiger partial charge in [-0.15, -0.1) is 0 Å². The number of likely N-dealkylation sites (tertiary alicyclic amines) is 1. The van der Waals surface area contributed by atoms with E-state index in [0.29, 0.717) is 32.2 Å². The summed E-state index contributed by atoms with van der Waals surface area (Å²) in [7, 11) is 0. The minimum absolute atomic E-state index is 0.152. The van der Waals surface area contributed by atoms with Crippen molar-refractivity contribution in [3.63, 3.8) is 0 Å². The van der Waals surface area contributed by atoms with Crippen molar-refractivity contribution in [3.8, 4) is 6.01 Å². The van der Waals surface area contributed by atoms with E-state index in [1.165, 1.54) is 0 Å². The van der Waals surface area contributed by atoms with Crippen molar-refractivity contribution in [2.75, 3.05) is 13.1 Å². The predicted octanol–water partition coefficient (Wildman–Crippen LogP) is 1.14. The van der Waals surface area contributed by atoms with Gasteiger partial charge in [0.2, 0.25) is 11.8 Å². The van der Waals surface area contributed by atoms with Crippen molar-refractivity contribution >= 4 is 11.8 Å². The lowest BCUT2D eigenvalue weighted by atomic mass is 10.1. The lowest BCUT2D eigenvalue weighted by Gasteiger charge is -2.33. The maximum atomic E-state index is 12.7. The summed E-state index contributed by atoms with van der Waals surface area (Å²) in [6, 6.07) is -0.119. The lowest BCUT2D eigenvalue weighted by molar-refractivity contribution is -0.141. The van der Waals surface area contributed by atoms with Gasteiger partial charge in [0.1, 0.15) is 12.1 Å². The van der Waals surface area contributed by atoms with Crippen molar-refractivity contribution in [2.24, 2.45) is 0 Å². The highest BCUT2D eigenvalue weighted by atomic mass is 19.4. The van der Waals surface area contributed by atoms with E-state index < -0.39 is 24.0 Å². The van der Waals surface area contributed by atoms with Crippen LogP contribution in [0.3, 0.4) is 0 Å². The van der Waals surface area contributed by atoms with Crippen LogP contribution in [0.25, 0.3) is 0 Å². The molecule has 10 heteroatoms. The van der Waals surface area contributed by atoms with Crippen molar-refractivity contribution in [3.05, 3.63) is 18.0 Å². The molecule has 0 saturated carbocycles. The minimum atomic E-state index is -4.57. The zero-order valence-corrected chi connectivity index (χ0v) is 13.3. The van der Waals surface area contributed by atoms with E-state index in [-0.39, 0.29) is 24.4 Å². The molecule has 7 nitrogen and oxygen atoms in total. The average molecular weight is 358 g/mol. The van der Waals surface area contributed by atoms with Gasteiger partial charge in [-0.1, -0.05) is 0 Å². The first-order valence-corrected chi connectivity index (χ1v) is 7.98. The third-order valence-electron chi connectivity index (χ3n) is 4.18. The molecule has 25 heavy (non-hydrogen) atoms. The van der Waals surface area contributed by atoms with E-state index in [1.807, 2.05) is 0 Å². The summed E-state index contributed by atoms with van der Waals surface area (Å²) >= 11 is 0. The largest absolute Gasteiger partial charge is 0.458 e. The summed E-state index contributed by atoms with van der Waals surface area (Å²) in [6.45, 7) is 0.749. The monoisotopic (exact) mass is 358 g/mol. The van der Waals surface area contributed by atoms with Gasteiger partial charge in [-0.25, -0.2) is 4.98 Å². The van der Waals surface area contributed by atoms with Crippen LogP contribution in [0, 0.1) is 0 Å². The van der Waals surface area contributed by atoms with Gasteiger partial charge in [0.15, 0.2) is 5.69 Å². The third kappa shape index (κ3) is 4.18. The van der Waals surface area contributed by atoms with Gasteiger partial charge in [-0.2, -0.15) is 18.2 Å². The van der Waals surface area contributed by atoms with Crippen LogP contribution in [0.4, 0.5) is 13.2 Å². The van der Waals surface area contributed by atoms with Crippen LogP contribution in [-0.4, -0.2) is 51.9 Å². The molecule has 2 saturated heterocycles. The average Bonchev–Trinajstić information content (AvgIpc) is 3.00. The molecular weight excluding hydrogens is 341 g/mol. The summed E-state index contributed by atoms with van der Waals surface area (Å²) < 4.78 is 43.5. The number of halogens is 3. The second-order valence-corrected chi connectivity index (χ2v) is 6.05. The Balaban J connectivity index is 1.62. The molecule has 136 valence electrons. The van der Waals surface area contributed by atoms with E-state index in [1.54, 1.807) is 4.90 Å². The first kappa shape index (κ1) is 17.4. The minimum Gasteiger partial charge on any atom is -0.458 e. The number of aromatic nitrogens is 2. The Hall–Kier alpha value is -2.39. The number of ether oxygens (including phenoxy) is 1. The first-order chi connectivity index (χ1) is 11.8. The number of hydrogen-bond donors (Lipinski definition) is 1. The fourth-order valence-corrected chi connectivity index (χ4v) is 2.96. The highest BCUT2D eigenvalue weighted by molar-refractivity contribution is 5.90. The molecule has 0 radical (unpaired) electrons. The number of rotatable bonds is 3. The summed E-state index contributed by atoms with van der Waals surface area (Å²) in [5.74, 6) is -0.343. The van der Waals surface area contributed by atoms with Gasteiger partial charge >= 0.3 is 12.2 Å². The third-order valence-corrected chi connectivity index (χ3v) is 4.18. The smallest absolute Gasteiger partial charge is 0.433 e. The maximum absolute atomic E-state index is 12.7. The van der Waals surface area contributed by atoms with Crippen LogP contribution < -0.4 is 10.1 Å². The molecule has 2 aliphatic rings. The van der Waals surface area contributed by atoms with Crippen LogP contribution in [-0.2, 0) is 15.8 Å². The molecule has 1 aromatic rings. The molecule has 2 aliphatic heterocycles. The van der Waals surface area contributed by atoms with Crippen LogP contribution in [0.2, 0.25) is 0 Å². The van der Waals surface area contributed by atoms with Crippen molar-refractivity contribution < 1.29 is 27.5 Å². The van der Waals surface area contributed by atoms with E-state index in [9.17, 15) is 22.8 Å². The van der Waals surface area contributed by atoms with Crippen LogP contribution in [0.1, 0.15) is 31.4 Å². The van der Waals surface area contributed by atoms with E-state index in [4.69, 9.17) is 4.74 Å². The molecular formula is C15H17F3N4O3. The van der Waals surface area contributed by atoms with Crippen molar-refractivity contribution in [1.82, 2.24) is 20.2 Å². The van der Waals surface area contributed by atoms with Crippen LogP contribution in [0.5, 0.6) is 6.01 Å². The SMILES string of the molecule is O=C1CCC(C(=O)N2CCCC(Oc3nccc(C(F)(F)F)n3)C2)N1. The second-order valence-electron chi connectivity index (χ2n) is 6.05. The zero-order valence-electron chi connectivity index (χ0n) is 13.3. The highest BCUT2D eigenvalue weighted by Crippen LogP contribution is 2.28. The lowest BCUT2D eigenvalue weighted by Crippen LogP contribution is -2.50. The standard InChI is InChI=1S/C15H17F3N4O3/c16-15(17,18)11-5-6-19-14(21-11)25-9-2-1-7-22(8-9)13(24)10-3-4-12(23)20-10/h5-6,9-10H,1-4,7-8H2,(H,20,23). The number of nitrogens with one attached hydrogen (secondary N) is 1. The Kier molecular flexibility index (Phi) is 4.78. The van der Waals surface area contributed by atoms with Crippen molar-refractivity contribution in [2.45, 2.75) is 44.0 Å². The van der Waals surface area contributed by atoms with E-state index in [2.05, 4.69) is 15.3 Å². The number of carbonyl (C=O) groups excluding carboxylic acids is 2. The molecule has 0 bridgehead atoms. The molecule has 3 heterocycles. The molecule has 1 aromatic heterocycles. The summed E-state index contributed by atoms with van der Waals surface area (Å²) in [5.41, 5.74) is -1.07.